The topological polar surface area (TPSA) is 74.7 Å². The summed E-state index contributed by atoms with van der Waals surface area (Å²) in [5.41, 5.74) is 1.30. The van der Waals surface area contributed by atoms with E-state index in [1.165, 1.54) is 5.56 Å². The van der Waals surface area contributed by atoms with Gasteiger partial charge in [-0.05, 0) is 50.2 Å². The van der Waals surface area contributed by atoms with E-state index in [4.69, 9.17) is 5.11 Å². The second-order valence-electron chi connectivity index (χ2n) is 7.77. The molecule has 5 nitrogen and oxygen atoms in total. The third-order valence-corrected chi connectivity index (χ3v) is 5.40. The molecule has 1 aliphatic heterocycles. The summed E-state index contributed by atoms with van der Waals surface area (Å²) < 4.78 is 0. The van der Waals surface area contributed by atoms with Crippen LogP contribution in [0.25, 0.3) is 0 Å². The molecule has 1 amide bonds. The Morgan fingerprint density at radius 3 is 2.48 bits per heavy atom. The minimum Gasteiger partial charge on any atom is -0.481 e. The zero-order valence-electron chi connectivity index (χ0n) is 17.2. The van der Waals surface area contributed by atoms with Crippen LogP contribution >= 0.6 is 0 Å². The minimum absolute atomic E-state index is 0.0230. The van der Waals surface area contributed by atoms with Crippen LogP contribution < -0.4 is 0 Å². The van der Waals surface area contributed by atoms with Crippen LogP contribution in [0.4, 0.5) is 0 Å². The third-order valence-electron chi connectivity index (χ3n) is 5.40. The molecule has 0 spiro atoms. The Hall–Kier alpha value is -2.43. The van der Waals surface area contributed by atoms with Crippen LogP contribution in [-0.2, 0) is 20.8 Å². The maximum atomic E-state index is 12.1. The summed E-state index contributed by atoms with van der Waals surface area (Å²) in [4.78, 5) is 36.6. The Labute approximate surface area is 173 Å². The highest BCUT2D eigenvalue weighted by atomic mass is 16.4. The first-order valence-corrected chi connectivity index (χ1v) is 10.8. The number of amides is 1. The number of hydrogen-bond donors (Lipinski definition) is 1. The summed E-state index contributed by atoms with van der Waals surface area (Å²) in [6.45, 7) is 0.687. The van der Waals surface area contributed by atoms with Crippen LogP contribution in [0, 0.1) is 0 Å². The quantitative estimate of drug-likeness (QED) is 0.368. The number of aryl methyl sites for hydroxylation is 1. The van der Waals surface area contributed by atoms with Crippen molar-refractivity contribution in [2.75, 3.05) is 6.54 Å². The van der Waals surface area contributed by atoms with Crippen molar-refractivity contribution in [2.24, 2.45) is 0 Å². The molecule has 2 rings (SSSR count). The molecule has 1 heterocycles. The van der Waals surface area contributed by atoms with Crippen LogP contribution in [0.15, 0.2) is 42.5 Å². The standard InChI is InChI=1S/C24H33NO4/c26-22(13-8-7-12-20-10-4-3-5-11-20)17-15-21-16-18-23(27)25(21)19-9-2-1-6-14-24(28)29/h3-5,10-11,15,17,21H,1-2,6-9,12-14,16,18-19H2,(H,28,29). The van der Waals surface area contributed by atoms with Gasteiger partial charge in [-0.25, -0.2) is 0 Å². The van der Waals surface area contributed by atoms with Crippen molar-refractivity contribution in [1.29, 1.82) is 0 Å². The maximum absolute atomic E-state index is 12.1. The first-order chi connectivity index (χ1) is 14.1. The number of carboxylic acids is 1. The van der Waals surface area contributed by atoms with E-state index in [2.05, 4.69) is 12.1 Å². The van der Waals surface area contributed by atoms with Gasteiger partial charge in [0, 0.05) is 25.8 Å². The van der Waals surface area contributed by atoms with E-state index in [9.17, 15) is 14.4 Å². The fourth-order valence-corrected chi connectivity index (χ4v) is 3.73. The first kappa shape index (κ1) is 22.9. The number of allylic oxidation sites excluding steroid dienone is 1. The van der Waals surface area contributed by atoms with Gasteiger partial charge in [-0.2, -0.15) is 0 Å². The zero-order valence-corrected chi connectivity index (χ0v) is 17.2. The Morgan fingerprint density at radius 2 is 1.72 bits per heavy atom. The molecule has 0 saturated carbocycles. The second-order valence-corrected chi connectivity index (χ2v) is 7.77. The predicted molar refractivity (Wildman–Crippen MR) is 114 cm³/mol. The highest BCUT2D eigenvalue weighted by molar-refractivity contribution is 5.90. The summed E-state index contributed by atoms with van der Waals surface area (Å²) in [6.07, 6.45) is 11.9. The number of carbonyl (C=O) groups excluding carboxylic acids is 2. The fraction of sp³-hybridized carbons (Fsp3) is 0.542. The van der Waals surface area contributed by atoms with Crippen molar-refractivity contribution in [3.63, 3.8) is 0 Å². The molecule has 1 atom stereocenters. The highest BCUT2D eigenvalue weighted by Crippen LogP contribution is 2.21. The Balaban J connectivity index is 1.64. The number of ketones is 1. The lowest BCUT2D eigenvalue weighted by atomic mass is 10.1. The highest BCUT2D eigenvalue weighted by Gasteiger charge is 2.28. The van der Waals surface area contributed by atoms with E-state index in [1.807, 2.05) is 29.2 Å². The van der Waals surface area contributed by atoms with Gasteiger partial charge >= 0.3 is 5.97 Å². The lowest BCUT2D eigenvalue weighted by Gasteiger charge is -2.22. The van der Waals surface area contributed by atoms with Crippen LogP contribution in [0.2, 0.25) is 0 Å². The number of carboxylic acid groups (broad SMARTS) is 1. The van der Waals surface area contributed by atoms with Gasteiger partial charge in [-0.15, -0.1) is 0 Å². The molecule has 1 unspecified atom stereocenters. The molecule has 1 N–H and O–H groups in total. The van der Waals surface area contributed by atoms with Crippen LogP contribution in [0.3, 0.4) is 0 Å². The van der Waals surface area contributed by atoms with Crippen LogP contribution in [0.5, 0.6) is 0 Å². The number of likely N-dealkylation sites (tertiary alicyclic amines) is 1. The molecule has 0 aliphatic carbocycles. The Morgan fingerprint density at radius 1 is 1.00 bits per heavy atom. The van der Waals surface area contributed by atoms with Crippen molar-refractivity contribution in [2.45, 2.75) is 76.7 Å². The van der Waals surface area contributed by atoms with Gasteiger partial charge in [0.25, 0.3) is 0 Å². The lowest BCUT2D eigenvalue weighted by molar-refractivity contribution is -0.137. The molecule has 1 saturated heterocycles. The molecule has 29 heavy (non-hydrogen) atoms. The Bertz CT molecular complexity index is 683. The Kier molecular flexibility index (Phi) is 10.2. The molecule has 1 aromatic rings. The van der Waals surface area contributed by atoms with Gasteiger partial charge < -0.3 is 10.0 Å². The average Bonchev–Trinajstić information content (AvgIpc) is 3.06. The molecule has 1 aromatic carbocycles. The third kappa shape index (κ3) is 9.07. The summed E-state index contributed by atoms with van der Waals surface area (Å²) in [5, 5.41) is 8.65. The minimum atomic E-state index is -0.755. The van der Waals surface area contributed by atoms with Crippen molar-refractivity contribution in [1.82, 2.24) is 4.90 Å². The van der Waals surface area contributed by atoms with E-state index in [1.54, 1.807) is 6.08 Å². The fourth-order valence-electron chi connectivity index (χ4n) is 3.73. The van der Waals surface area contributed by atoms with Crippen molar-refractivity contribution in [3.8, 4) is 0 Å². The van der Waals surface area contributed by atoms with Crippen LogP contribution in [-0.4, -0.2) is 40.3 Å². The SMILES string of the molecule is O=C(O)CCCCCCN1C(=O)CCC1C=CC(=O)CCCCc1ccccc1. The summed E-state index contributed by atoms with van der Waals surface area (Å²) in [7, 11) is 0. The molecule has 0 bridgehead atoms. The van der Waals surface area contributed by atoms with Crippen molar-refractivity contribution in [3.05, 3.63) is 48.0 Å². The van der Waals surface area contributed by atoms with E-state index < -0.39 is 5.97 Å². The normalized spacial score (nSPS) is 16.6. The van der Waals surface area contributed by atoms with Gasteiger partial charge in [-0.3, -0.25) is 14.4 Å². The summed E-state index contributed by atoms with van der Waals surface area (Å²) in [5.74, 6) is -0.471. The number of nitrogens with zero attached hydrogens (tertiary/aromatic N) is 1. The van der Waals surface area contributed by atoms with Crippen molar-refractivity contribution < 1.29 is 19.5 Å². The van der Waals surface area contributed by atoms with Gasteiger partial charge in [0.1, 0.15) is 0 Å². The molecule has 158 valence electrons. The summed E-state index contributed by atoms with van der Waals surface area (Å²) >= 11 is 0. The first-order valence-electron chi connectivity index (χ1n) is 10.8. The molecular weight excluding hydrogens is 366 g/mol. The molecule has 1 aliphatic rings. The van der Waals surface area contributed by atoms with E-state index in [-0.39, 0.29) is 24.2 Å². The number of unbranched alkanes of at least 4 members (excludes halogenated alkanes) is 4. The van der Waals surface area contributed by atoms with Crippen molar-refractivity contribution >= 4 is 17.7 Å². The van der Waals surface area contributed by atoms with Gasteiger partial charge in [0.2, 0.25) is 5.91 Å². The average molecular weight is 400 g/mol. The molecular formula is C24H33NO4. The number of benzene rings is 1. The largest absolute Gasteiger partial charge is 0.481 e. The number of rotatable bonds is 14. The second kappa shape index (κ2) is 12.9. The number of hydrogen-bond acceptors (Lipinski definition) is 3. The lowest BCUT2D eigenvalue weighted by Crippen LogP contribution is -2.32. The summed E-state index contributed by atoms with van der Waals surface area (Å²) in [6, 6.07) is 10.3. The number of carbonyl (C=O) groups is 3. The van der Waals surface area contributed by atoms with Gasteiger partial charge in [-0.1, -0.05) is 49.2 Å². The zero-order chi connectivity index (χ0) is 20.9. The molecule has 1 fully saturated rings. The number of aliphatic carboxylic acids is 1. The molecule has 0 radical (unpaired) electrons. The monoisotopic (exact) mass is 399 g/mol. The predicted octanol–water partition coefficient (Wildman–Crippen LogP) is 4.55. The maximum Gasteiger partial charge on any atom is 0.303 e. The van der Waals surface area contributed by atoms with E-state index in [0.29, 0.717) is 25.8 Å². The molecule has 0 aromatic heterocycles. The smallest absolute Gasteiger partial charge is 0.303 e. The van der Waals surface area contributed by atoms with Gasteiger partial charge in [0.15, 0.2) is 5.78 Å². The van der Waals surface area contributed by atoms with E-state index >= 15 is 0 Å². The van der Waals surface area contributed by atoms with Crippen LogP contribution in [0.1, 0.15) is 69.8 Å². The molecule has 5 heteroatoms. The van der Waals surface area contributed by atoms with E-state index in [0.717, 1.165) is 44.9 Å². The van der Waals surface area contributed by atoms with Gasteiger partial charge in [0.05, 0.1) is 6.04 Å².